The van der Waals surface area contributed by atoms with Gasteiger partial charge in [-0.25, -0.2) is 9.67 Å². The molecule has 9 heteroatoms. The highest BCUT2D eigenvalue weighted by molar-refractivity contribution is 7.17. The number of rotatable bonds is 4. The van der Waals surface area contributed by atoms with Crippen LogP contribution in [0.15, 0.2) is 16.9 Å². The molecule has 1 amide bonds. The molecular formula is C23H26N4O4S. The minimum absolute atomic E-state index is 0.0769. The molecule has 0 spiro atoms. The fraction of sp³-hybridized carbons (Fsp3) is 0.391. The lowest BCUT2D eigenvalue weighted by Gasteiger charge is -2.29. The number of aromatic nitrogens is 3. The maximum atomic E-state index is 13.4. The molecule has 32 heavy (non-hydrogen) atoms. The fourth-order valence-electron chi connectivity index (χ4n) is 4.00. The SMILES string of the molecule is COc1cc2c(cc1OC)CN(C(=O)c1sc(-c3c(C)c(C)nn(C)c3=O)nc1C)CC2. The molecule has 0 saturated heterocycles. The number of amides is 1. The molecule has 0 unspecified atom stereocenters. The van der Waals surface area contributed by atoms with Gasteiger partial charge in [-0.05, 0) is 56.0 Å². The van der Waals surface area contributed by atoms with Crippen LogP contribution in [0.4, 0.5) is 0 Å². The topological polar surface area (TPSA) is 86.5 Å². The van der Waals surface area contributed by atoms with E-state index in [1.807, 2.05) is 37.8 Å². The van der Waals surface area contributed by atoms with E-state index in [9.17, 15) is 9.59 Å². The molecule has 0 saturated carbocycles. The summed E-state index contributed by atoms with van der Waals surface area (Å²) in [4.78, 5) is 33.1. The largest absolute Gasteiger partial charge is 0.493 e. The maximum absolute atomic E-state index is 13.4. The average molecular weight is 455 g/mol. The second-order valence-corrected chi connectivity index (χ2v) is 8.90. The van der Waals surface area contributed by atoms with E-state index in [4.69, 9.17) is 9.47 Å². The molecule has 168 valence electrons. The second-order valence-electron chi connectivity index (χ2n) is 7.90. The average Bonchev–Trinajstić information content (AvgIpc) is 3.16. The van der Waals surface area contributed by atoms with Crippen molar-refractivity contribution in [2.75, 3.05) is 20.8 Å². The first-order valence-corrected chi connectivity index (χ1v) is 11.1. The zero-order valence-electron chi connectivity index (χ0n) is 19.1. The third-order valence-electron chi connectivity index (χ3n) is 5.94. The molecule has 0 radical (unpaired) electrons. The first kappa shape index (κ1) is 22.0. The van der Waals surface area contributed by atoms with Gasteiger partial charge in [0.15, 0.2) is 11.5 Å². The van der Waals surface area contributed by atoms with Crippen LogP contribution in [0, 0.1) is 20.8 Å². The summed E-state index contributed by atoms with van der Waals surface area (Å²) in [5.74, 6) is 1.27. The van der Waals surface area contributed by atoms with Crippen LogP contribution in [0.3, 0.4) is 0 Å². The van der Waals surface area contributed by atoms with Crippen molar-refractivity contribution in [3.63, 3.8) is 0 Å². The van der Waals surface area contributed by atoms with E-state index in [1.165, 1.54) is 16.0 Å². The number of ether oxygens (including phenoxy) is 2. The van der Waals surface area contributed by atoms with Gasteiger partial charge in [0.05, 0.1) is 31.2 Å². The van der Waals surface area contributed by atoms with Gasteiger partial charge in [0.1, 0.15) is 9.88 Å². The monoisotopic (exact) mass is 454 g/mol. The van der Waals surface area contributed by atoms with Gasteiger partial charge in [0, 0.05) is 20.1 Å². The molecule has 0 aliphatic carbocycles. The van der Waals surface area contributed by atoms with E-state index in [0.717, 1.165) is 28.8 Å². The quantitative estimate of drug-likeness (QED) is 0.602. The van der Waals surface area contributed by atoms with Crippen molar-refractivity contribution in [3.8, 4) is 22.1 Å². The Labute approximate surface area is 190 Å². The third kappa shape index (κ3) is 3.66. The van der Waals surface area contributed by atoms with E-state index >= 15 is 0 Å². The predicted molar refractivity (Wildman–Crippen MR) is 123 cm³/mol. The van der Waals surface area contributed by atoms with Gasteiger partial charge >= 0.3 is 0 Å². The number of thiazole rings is 1. The maximum Gasteiger partial charge on any atom is 0.277 e. The Hall–Kier alpha value is -3.20. The molecule has 2 aromatic heterocycles. The first-order chi connectivity index (χ1) is 15.2. The first-order valence-electron chi connectivity index (χ1n) is 10.3. The van der Waals surface area contributed by atoms with E-state index in [-0.39, 0.29) is 11.5 Å². The number of carbonyl (C=O) groups is 1. The Kier molecular flexibility index (Phi) is 5.77. The summed E-state index contributed by atoms with van der Waals surface area (Å²) in [6.45, 7) is 6.62. The van der Waals surface area contributed by atoms with Crippen molar-refractivity contribution in [1.82, 2.24) is 19.7 Å². The van der Waals surface area contributed by atoms with Gasteiger partial charge in [-0.2, -0.15) is 5.10 Å². The normalized spacial score (nSPS) is 13.1. The molecule has 1 aliphatic rings. The van der Waals surface area contributed by atoms with Crippen LogP contribution >= 0.6 is 11.3 Å². The van der Waals surface area contributed by atoms with Crippen LogP contribution in [-0.4, -0.2) is 46.3 Å². The summed E-state index contributed by atoms with van der Waals surface area (Å²) in [5, 5.41) is 4.79. The van der Waals surface area contributed by atoms with E-state index in [0.29, 0.717) is 45.7 Å². The number of carbonyl (C=O) groups excluding carboxylic acids is 1. The lowest BCUT2D eigenvalue weighted by molar-refractivity contribution is 0.0738. The Morgan fingerprint density at radius 1 is 1.06 bits per heavy atom. The summed E-state index contributed by atoms with van der Waals surface area (Å²) >= 11 is 1.27. The second kappa shape index (κ2) is 8.38. The molecule has 1 aliphatic heterocycles. The number of benzene rings is 1. The summed E-state index contributed by atoms with van der Waals surface area (Å²) < 4.78 is 12.1. The zero-order chi connectivity index (χ0) is 23.2. The van der Waals surface area contributed by atoms with E-state index in [2.05, 4.69) is 10.1 Å². The van der Waals surface area contributed by atoms with Crippen LogP contribution in [0.5, 0.6) is 11.5 Å². The van der Waals surface area contributed by atoms with E-state index in [1.54, 1.807) is 21.3 Å². The summed E-state index contributed by atoms with van der Waals surface area (Å²) in [7, 11) is 4.84. The Morgan fingerprint density at radius 3 is 2.38 bits per heavy atom. The molecule has 0 atom stereocenters. The Bertz CT molecular complexity index is 1280. The third-order valence-corrected chi connectivity index (χ3v) is 7.10. The van der Waals surface area contributed by atoms with Crippen molar-refractivity contribution < 1.29 is 14.3 Å². The number of nitrogens with zero attached hydrogens (tertiary/aromatic N) is 4. The molecule has 8 nitrogen and oxygen atoms in total. The van der Waals surface area contributed by atoms with Crippen LogP contribution < -0.4 is 15.0 Å². The molecule has 1 aromatic carbocycles. The highest BCUT2D eigenvalue weighted by atomic mass is 32.1. The van der Waals surface area contributed by atoms with Crippen LogP contribution in [-0.2, 0) is 20.0 Å². The fourth-order valence-corrected chi connectivity index (χ4v) is 5.13. The van der Waals surface area contributed by atoms with Crippen LogP contribution in [0.2, 0.25) is 0 Å². The van der Waals surface area contributed by atoms with Crippen molar-refractivity contribution in [2.24, 2.45) is 7.05 Å². The molecule has 0 fully saturated rings. The van der Waals surface area contributed by atoms with Crippen molar-refractivity contribution in [2.45, 2.75) is 33.7 Å². The van der Waals surface area contributed by atoms with Gasteiger partial charge in [-0.15, -0.1) is 11.3 Å². The number of hydrogen-bond acceptors (Lipinski definition) is 7. The van der Waals surface area contributed by atoms with Crippen molar-refractivity contribution in [1.29, 1.82) is 0 Å². The number of fused-ring (bicyclic) bond motifs is 1. The predicted octanol–water partition coefficient (Wildman–Crippen LogP) is 3.04. The standard InChI is InChI=1S/C23H26N4O4S/c1-12-13(2)25-26(4)22(28)19(12)21-24-14(3)20(32-21)23(29)27-8-7-15-9-17(30-5)18(31-6)10-16(15)11-27/h9-10H,7-8,11H2,1-6H3. The smallest absolute Gasteiger partial charge is 0.277 e. The molecular weight excluding hydrogens is 428 g/mol. The minimum atomic E-state index is -0.214. The van der Waals surface area contributed by atoms with Gasteiger partial charge in [0.25, 0.3) is 11.5 Å². The Balaban J connectivity index is 1.67. The molecule has 0 bridgehead atoms. The molecule has 4 rings (SSSR count). The van der Waals surface area contributed by atoms with Crippen molar-refractivity contribution in [3.05, 3.63) is 55.4 Å². The highest BCUT2D eigenvalue weighted by Crippen LogP contribution is 2.35. The van der Waals surface area contributed by atoms with Gasteiger partial charge < -0.3 is 14.4 Å². The molecule has 3 aromatic rings. The zero-order valence-corrected chi connectivity index (χ0v) is 19.9. The lowest BCUT2D eigenvalue weighted by Crippen LogP contribution is -2.35. The Morgan fingerprint density at radius 2 is 1.72 bits per heavy atom. The number of aryl methyl sites for hydroxylation is 3. The molecule has 0 N–H and O–H groups in total. The van der Waals surface area contributed by atoms with Gasteiger partial charge in [-0.1, -0.05) is 0 Å². The minimum Gasteiger partial charge on any atom is -0.493 e. The van der Waals surface area contributed by atoms with Gasteiger partial charge in [0.2, 0.25) is 0 Å². The summed E-state index contributed by atoms with van der Waals surface area (Å²) in [6.07, 6.45) is 0.731. The summed E-state index contributed by atoms with van der Waals surface area (Å²) in [6, 6.07) is 3.92. The van der Waals surface area contributed by atoms with Crippen molar-refractivity contribution >= 4 is 17.2 Å². The van der Waals surface area contributed by atoms with Gasteiger partial charge in [-0.3, -0.25) is 9.59 Å². The summed E-state index contributed by atoms with van der Waals surface area (Å²) in [5.41, 5.74) is 4.67. The van der Waals surface area contributed by atoms with E-state index < -0.39 is 0 Å². The lowest BCUT2D eigenvalue weighted by atomic mass is 9.98. The number of methoxy groups -OCH3 is 2. The van der Waals surface area contributed by atoms with Crippen LogP contribution in [0.1, 0.15) is 37.7 Å². The highest BCUT2D eigenvalue weighted by Gasteiger charge is 2.28. The number of hydrogen-bond donors (Lipinski definition) is 0. The van der Waals surface area contributed by atoms with Crippen LogP contribution in [0.25, 0.3) is 10.6 Å². The molecule has 3 heterocycles.